The highest BCUT2D eigenvalue weighted by Crippen LogP contribution is 2.26. The van der Waals surface area contributed by atoms with Crippen molar-refractivity contribution in [3.63, 3.8) is 0 Å². The molecule has 1 aromatic heterocycles. The molecule has 1 heterocycles. The molecule has 1 amide bonds. The van der Waals surface area contributed by atoms with Gasteiger partial charge in [0.05, 0.1) is 5.92 Å². The van der Waals surface area contributed by atoms with E-state index in [0.717, 1.165) is 35.3 Å². The van der Waals surface area contributed by atoms with Crippen LogP contribution in [0.1, 0.15) is 31.1 Å². The van der Waals surface area contributed by atoms with Crippen LogP contribution >= 0.6 is 0 Å². The fourth-order valence-corrected chi connectivity index (χ4v) is 2.62. The third-order valence-corrected chi connectivity index (χ3v) is 4.04. The standard InChI is InChI=1S/C20H22N2O2/c1-3-21-13-15-7-6-9-17(11-15)22-20(23)14(2)19-12-16-8-4-5-10-18(16)24-19/h4-12,14,21H,3,13H2,1-2H3,(H,22,23). The van der Waals surface area contributed by atoms with Gasteiger partial charge in [0.1, 0.15) is 11.3 Å². The van der Waals surface area contributed by atoms with Crippen LogP contribution in [0.5, 0.6) is 0 Å². The molecule has 0 saturated heterocycles. The normalized spacial score (nSPS) is 12.2. The molecule has 4 heteroatoms. The van der Waals surface area contributed by atoms with Gasteiger partial charge in [-0.25, -0.2) is 0 Å². The molecule has 3 rings (SSSR count). The summed E-state index contributed by atoms with van der Waals surface area (Å²) in [5, 5.41) is 7.27. The molecular weight excluding hydrogens is 300 g/mol. The minimum Gasteiger partial charge on any atom is -0.460 e. The quantitative estimate of drug-likeness (QED) is 0.712. The molecule has 1 atom stereocenters. The van der Waals surface area contributed by atoms with Gasteiger partial charge in [-0.15, -0.1) is 0 Å². The second kappa shape index (κ2) is 7.32. The molecule has 3 aromatic rings. The number of fused-ring (bicyclic) bond motifs is 1. The van der Waals surface area contributed by atoms with Crippen LogP contribution in [-0.4, -0.2) is 12.5 Å². The number of benzene rings is 2. The van der Waals surface area contributed by atoms with E-state index in [2.05, 4.69) is 17.6 Å². The van der Waals surface area contributed by atoms with Crippen LogP contribution in [0, 0.1) is 0 Å². The summed E-state index contributed by atoms with van der Waals surface area (Å²) in [6.07, 6.45) is 0. The lowest BCUT2D eigenvalue weighted by molar-refractivity contribution is -0.117. The molecule has 2 N–H and O–H groups in total. The smallest absolute Gasteiger partial charge is 0.234 e. The first-order valence-corrected chi connectivity index (χ1v) is 8.26. The molecule has 124 valence electrons. The van der Waals surface area contributed by atoms with Crippen molar-refractivity contribution >= 4 is 22.6 Å². The monoisotopic (exact) mass is 322 g/mol. The van der Waals surface area contributed by atoms with Crippen molar-refractivity contribution < 1.29 is 9.21 Å². The van der Waals surface area contributed by atoms with E-state index in [4.69, 9.17) is 4.42 Å². The van der Waals surface area contributed by atoms with Crippen LogP contribution in [0.3, 0.4) is 0 Å². The molecule has 4 nitrogen and oxygen atoms in total. The number of furan rings is 1. The average molecular weight is 322 g/mol. The minimum absolute atomic E-state index is 0.0744. The summed E-state index contributed by atoms with van der Waals surface area (Å²) >= 11 is 0. The van der Waals surface area contributed by atoms with Crippen LogP contribution in [0.25, 0.3) is 11.0 Å². The number of hydrogen-bond donors (Lipinski definition) is 2. The predicted octanol–water partition coefficient (Wildman–Crippen LogP) is 4.28. The van der Waals surface area contributed by atoms with E-state index < -0.39 is 0 Å². The zero-order valence-electron chi connectivity index (χ0n) is 14.0. The molecule has 0 aliphatic heterocycles. The number of carbonyl (C=O) groups excluding carboxylic acids is 1. The summed E-state index contributed by atoms with van der Waals surface area (Å²) in [7, 11) is 0. The van der Waals surface area contributed by atoms with Gasteiger partial charge in [-0.3, -0.25) is 4.79 Å². The third kappa shape index (κ3) is 3.66. The van der Waals surface area contributed by atoms with E-state index >= 15 is 0 Å². The van der Waals surface area contributed by atoms with E-state index in [1.54, 1.807) is 0 Å². The van der Waals surface area contributed by atoms with Crippen LogP contribution in [0.15, 0.2) is 59.0 Å². The SMILES string of the molecule is CCNCc1cccc(NC(=O)C(C)c2cc3ccccc3o2)c1. The highest BCUT2D eigenvalue weighted by atomic mass is 16.3. The molecule has 24 heavy (non-hydrogen) atoms. The highest BCUT2D eigenvalue weighted by Gasteiger charge is 2.19. The van der Waals surface area contributed by atoms with E-state index in [0.29, 0.717) is 5.76 Å². The molecule has 0 fully saturated rings. The number of anilines is 1. The Hall–Kier alpha value is -2.59. The Kier molecular flexibility index (Phi) is 4.96. The summed E-state index contributed by atoms with van der Waals surface area (Å²) in [5.74, 6) is 0.252. The number of rotatable bonds is 6. The molecule has 0 saturated carbocycles. The Bertz CT molecular complexity index is 805. The summed E-state index contributed by atoms with van der Waals surface area (Å²) < 4.78 is 5.79. The van der Waals surface area contributed by atoms with Crippen LogP contribution in [-0.2, 0) is 11.3 Å². The summed E-state index contributed by atoms with van der Waals surface area (Å²) in [6.45, 7) is 5.63. The van der Waals surface area contributed by atoms with Gasteiger partial charge in [0.2, 0.25) is 5.91 Å². The maximum absolute atomic E-state index is 12.5. The van der Waals surface area contributed by atoms with Gasteiger partial charge in [-0.1, -0.05) is 37.3 Å². The lowest BCUT2D eigenvalue weighted by atomic mass is 10.1. The Labute approximate surface area is 141 Å². The fraction of sp³-hybridized carbons (Fsp3) is 0.250. The van der Waals surface area contributed by atoms with Gasteiger partial charge >= 0.3 is 0 Å². The number of amides is 1. The largest absolute Gasteiger partial charge is 0.460 e. The zero-order valence-corrected chi connectivity index (χ0v) is 14.0. The predicted molar refractivity (Wildman–Crippen MR) is 97.1 cm³/mol. The zero-order chi connectivity index (χ0) is 16.9. The van der Waals surface area contributed by atoms with Gasteiger partial charge in [-0.2, -0.15) is 0 Å². The van der Waals surface area contributed by atoms with E-state index in [1.165, 1.54) is 0 Å². The van der Waals surface area contributed by atoms with Gasteiger partial charge in [0.25, 0.3) is 0 Å². The highest BCUT2D eigenvalue weighted by molar-refractivity contribution is 5.96. The summed E-state index contributed by atoms with van der Waals surface area (Å²) in [4.78, 5) is 12.5. The van der Waals surface area contributed by atoms with Crippen LogP contribution < -0.4 is 10.6 Å². The number of nitrogens with one attached hydrogen (secondary N) is 2. The van der Waals surface area contributed by atoms with Crippen LogP contribution in [0.2, 0.25) is 0 Å². The molecular formula is C20H22N2O2. The van der Waals surface area contributed by atoms with Crippen molar-refractivity contribution in [1.29, 1.82) is 0 Å². The minimum atomic E-state index is -0.352. The molecule has 0 aliphatic rings. The molecule has 0 radical (unpaired) electrons. The molecule has 0 spiro atoms. The fourth-order valence-electron chi connectivity index (χ4n) is 2.62. The maximum atomic E-state index is 12.5. The lowest BCUT2D eigenvalue weighted by Crippen LogP contribution is -2.19. The summed E-state index contributed by atoms with van der Waals surface area (Å²) in [5.41, 5.74) is 2.75. The molecule has 1 unspecified atom stereocenters. The average Bonchev–Trinajstić information content (AvgIpc) is 3.03. The van der Waals surface area contributed by atoms with E-state index in [9.17, 15) is 4.79 Å². The first kappa shape index (κ1) is 16.3. The second-order valence-corrected chi connectivity index (χ2v) is 5.88. The van der Waals surface area contributed by atoms with Crippen molar-refractivity contribution in [3.05, 3.63) is 65.9 Å². The number of hydrogen-bond acceptors (Lipinski definition) is 3. The van der Waals surface area contributed by atoms with E-state index in [-0.39, 0.29) is 11.8 Å². The Balaban J connectivity index is 1.71. The Morgan fingerprint density at radius 2 is 1.96 bits per heavy atom. The van der Waals surface area contributed by atoms with Gasteiger partial charge in [-0.05, 0) is 43.3 Å². The van der Waals surface area contributed by atoms with Gasteiger partial charge < -0.3 is 15.1 Å². The lowest BCUT2D eigenvalue weighted by Gasteiger charge is -2.11. The van der Waals surface area contributed by atoms with Crippen molar-refractivity contribution in [2.24, 2.45) is 0 Å². The molecule has 0 bridgehead atoms. The topological polar surface area (TPSA) is 54.3 Å². The van der Waals surface area contributed by atoms with Crippen molar-refractivity contribution in [1.82, 2.24) is 5.32 Å². The van der Waals surface area contributed by atoms with E-state index in [1.807, 2.05) is 61.5 Å². The van der Waals surface area contributed by atoms with Gasteiger partial charge in [0.15, 0.2) is 0 Å². The first-order valence-electron chi connectivity index (χ1n) is 8.26. The number of carbonyl (C=O) groups is 1. The second-order valence-electron chi connectivity index (χ2n) is 5.88. The molecule has 2 aromatic carbocycles. The van der Waals surface area contributed by atoms with Crippen molar-refractivity contribution in [2.75, 3.05) is 11.9 Å². The third-order valence-electron chi connectivity index (χ3n) is 4.04. The maximum Gasteiger partial charge on any atom is 0.234 e. The molecule has 0 aliphatic carbocycles. The van der Waals surface area contributed by atoms with Crippen LogP contribution in [0.4, 0.5) is 5.69 Å². The first-order chi connectivity index (χ1) is 11.7. The Morgan fingerprint density at radius 3 is 2.75 bits per heavy atom. The van der Waals surface area contributed by atoms with Crippen molar-refractivity contribution in [2.45, 2.75) is 26.3 Å². The van der Waals surface area contributed by atoms with Crippen molar-refractivity contribution in [3.8, 4) is 0 Å². The van der Waals surface area contributed by atoms with Gasteiger partial charge in [0, 0.05) is 17.6 Å². The number of para-hydroxylation sites is 1. The summed E-state index contributed by atoms with van der Waals surface area (Å²) in [6, 6.07) is 17.6. The Morgan fingerprint density at radius 1 is 1.12 bits per heavy atom.